The second-order valence-electron chi connectivity index (χ2n) is 7.70. The molecule has 1 amide bonds. The fraction of sp³-hybridized carbons (Fsp3) is 0.556. The van der Waals surface area contributed by atoms with E-state index in [0.717, 1.165) is 23.8 Å². The fourth-order valence-electron chi connectivity index (χ4n) is 3.01. The van der Waals surface area contributed by atoms with Crippen molar-refractivity contribution in [3.05, 3.63) is 17.8 Å². The highest BCUT2D eigenvalue weighted by Crippen LogP contribution is 2.37. The van der Waals surface area contributed by atoms with E-state index in [9.17, 15) is 26.4 Å². The average molecular weight is 476 g/mol. The molecule has 1 atom stereocenters. The van der Waals surface area contributed by atoms with Crippen LogP contribution in [0.5, 0.6) is 0 Å². The molecule has 1 fully saturated rings. The molecule has 3 rings (SSSR count). The molecule has 176 valence electrons. The molecule has 2 N–H and O–H groups in total. The van der Waals surface area contributed by atoms with Gasteiger partial charge in [0.15, 0.2) is 17.6 Å². The highest BCUT2D eigenvalue weighted by molar-refractivity contribution is 7.92. The van der Waals surface area contributed by atoms with Crippen LogP contribution in [0, 0.1) is 12.8 Å². The second-order valence-corrected chi connectivity index (χ2v) is 9.44. The molecule has 1 unspecified atom stereocenters. The minimum Gasteiger partial charge on any atom is -0.436 e. The quantitative estimate of drug-likeness (QED) is 0.599. The number of nitrogens with one attached hydrogen (secondary N) is 2. The van der Waals surface area contributed by atoms with Crippen molar-refractivity contribution in [2.45, 2.75) is 44.9 Å². The van der Waals surface area contributed by atoms with Gasteiger partial charge in [-0.05, 0) is 37.8 Å². The number of amides is 1. The molecule has 10 nitrogen and oxygen atoms in total. The lowest BCUT2D eigenvalue weighted by Crippen LogP contribution is -2.35. The zero-order valence-corrected chi connectivity index (χ0v) is 18.4. The Kier molecular flexibility index (Phi) is 6.62. The number of nitrogens with zero attached hydrogens (tertiary/aromatic N) is 4. The molecule has 32 heavy (non-hydrogen) atoms. The van der Waals surface area contributed by atoms with Gasteiger partial charge in [0, 0.05) is 7.05 Å². The summed E-state index contributed by atoms with van der Waals surface area (Å²) in [5.41, 5.74) is 0.883. The van der Waals surface area contributed by atoms with Crippen LogP contribution in [-0.2, 0) is 21.8 Å². The van der Waals surface area contributed by atoms with Crippen molar-refractivity contribution in [1.29, 1.82) is 0 Å². The van der Waals surface area contributed by atoms with Crippen LogP contribution >= 0.6 is 0 Å². The Morgan fingerprint density at radius 3 is 2.59 bits per heavy atom. The maximum absolute atomic E-state index is 13.3. The van der Waals surface area contributed by atoms with Gasteiger partial charge in [0.2, 0.25) is 10.0 Å². The van der Waals surface area contributed by atoms with E-state index >= 15 is 0 Å². The van der Waals surface area contributed by atoms with Crippen molar-refractivity contribution in [3.63, 3.8) is 0 Å². The van der Waals surface area contributed by atoms with Gasteiger partial charge in [-0.25, -0.2) is 22.9 Å². The van der Waals surface area contributed by atoms with Crippen molar-refractivity contribution >= 4 is 27.6 Å². The lowest BCUT2D eigenvalue weighted by atomic mass is 10.1. The minimum atomic E-state index is -4.68. The van der Waals surface area contributed by atoms with Gasteiger partial charge in [0.25, 0.3) is 0 Å². The molecule has 2 heterocycles. The molecule has 0 spiro atoms. The molecule has 14 heteroatoms. The number of alkyl halides is 3. The van der Waals surface area contributed by atoms with Crippen molar-refractivity contribution < 1.29 is 31.1 Å². The Morgan fingerprint density at radius 2 is 2.03 bits per heavy atom. The van der Waals surface area contributed by atoms with Crippen molar-refractivity contribution in [2.24, 2.45) is 13.0 Å². The number of ether oxygens (including phenoxy) is 1. The molecule has 1 aliphatic carbocycles. The van der Waals surface area contributed by atoms with Crippen LogP contribution in [0.25, 0.3) is 11.4 Å². The third-order valence-corrected chi connectivity index (χ3v) is 5.41. The standard InChI is InChI=1S/C18H23F3N6O4S/c1-10-12(25-32(3,29)30)7-8-13(22-10)15-16(27(2)26-24-15)23-17(28)31-14(18(19,20)21)9-6-11-4-5-11/h7-8,11,14,25H,4-6,9H2,1-3H3,(H,23,28). The van der Waals surface area contributed by atoms with E-state index in [1.807, 2.05) is 0 Å². The van der Waals surface area contributed by atoms with Gasteiger partial charge in [-0.2, -0.15) is 13.2 Å². The first kappa shape index (κ1) is 23.8. The molecule has 1 aliphatic rings. The van der Waals surface area contributed by atoms with E-state index in [1.54, 1.807) is 6.92 Å². The lowest BCUT2D eigenvalue weighted by Gasteiger charge is -2.21. The summed E-state index contributed by atoms with van der Waals surface area (Å²) in [4.78, 5) is 16.5. The number of carbonyl (C=O) groups excluding carboxylic acids is 1. The predicted octanol–water partition coefficient (Wildman–Crippen LogP) is 3.23. The molecule has 0 aromatic carbocycles. The van der Waals surface area contributed by atoms with Crippen molar-refractivity contribution in [2.75, 3.05) is 16.3 Å². The van der Waals surface area contributed by atoms with E-state index in [4.69, 9.17) is 0 Å². The van der Waals surface area contributed by atoms with Crippen molar-refractivity contribution in [3.8, 4) is 11.4 Å². The molecular formula is C18H23F3N6O4S. The molecular weight excluding hydrogens is 453 g/mol. The summed E-state index contributed by atoms with van der Waals surface area (Å²) >= 11 is 0. The maximum Gasteiger partial charge on any atom is 0.425 e. The van der Waals surface area contributed by atoms with Gasteiger partial charge in [-0.3, -0.25) is 10.0 Å². The number of halogens is 3. The van der Waals surface area contributed by atoms with Crippen LogP contribution in [0.15, 0.2) is 12.1 Å². The third kappa shape index (κ3) is 6.31. The zero-order valence-electron chi connectivity index (χ0n) is 17.6. The van der Waals surface area contributed by atoms with E-state index in [2.05, 4.69) is 30.1 Å². The normalized spacial score (nSPS) is 15.3. The van der Waals surface area contributed by atoms with E-state index in [1.165, 1.54) is 19.2 Å². The number of aromatic nitrogens is 4. The Bertz CT molecular complexity index is 1100. The Balaban J connectivity index is 1.76. The molecule has 0 saturated heterocycles. The summed E-state index contributed by atoms with van der Waals surface area (Å²) in [6.45, 7) is 1.56. The van der Waals surface area contributed by atoms with Crippen LogP contribution in [0.2, 0.25) is 0 Å². The summed E-state index contributed by atoms with van der Waals surface area (Å²) in [6, 6.07) is 2.89. The van der Waals surface area contributed by atoms with Gasteiger partial charge in [-0.1, -0.05) is 18.1 Å². The molecule has 0 aliphatic heterocycles. The van der Waals surface area contributed by atoms with Gasteiger partial charge in [0.1, 0.15) is 0 Å². The largest absolute Gasteiger partial charge is 0.436 e. The topological polar surface area (TPSA) is 128 Å². The summed E-state index contributed by atoms with van der Waals surface area (Å²) in [7, 11) is -2.08. The van der Waals surface area contributed by atoms with E-state index < -0.39 is 28.4 Å². The van der Waals surface area contributed by atoms with Gasteiger partial charge < -0.3 is 4.74 Å². The highest BCUT2D eigenvalue weighted by Gasteiger charge is 2.43. The molecule has 1 saturated carbocycles. The number of hydrogen-bond acceptors (Lipinski definition) is 7. The number of carbonyl (C=O) groups is 1. The average Bonchev–Trinajstić information content (AvgIpc) is 3.42. The summed E-state index contributed by atoms with van der Waals surface area (Å²) in [5.74, 6) is 0.239. The Morgan fingerprint density at radius 1 is 1.34 bits per heavy atom. The molecule has 2 aromatic rings. The maximum atomic E-state index is 13.3. The minimum absolute atomic E-state index is 0.0196. The Hall–Kier alpha value is -2.90. The van der Waals surface area contributed by atoms with E-state index in [-0.39, 0.29) is 35.2 Å². The second kappa shape index (κ2) is 8.92. The number of rotatable bonds is 8. The first-order chi connectivity index (χ1) is 14.8. The van der Waals surface area contributed by atoms with Crippen LogP contribution in [0.1, 0.15) is 31.4 Å². The van der Waals surface area contributed by atoms with Gasteiger partial charge in [-0.15, -0.1) is 5.10 Å². The number of pyridine rings is 1. The first-order valence-corrected chi connectivity index (χ1v) is 11.6. The smallest absolute Gasteiger partial charge is 0.425 e. The predicted molar refractivity (Wildman–Crippen MR) is 109 cm³/mol. The first-order valence-electron chi connectivity index (χ1n) is 9.73. The van der Waals surface area contributed by atoms with Crippen molar-refractivity contribution in [1.82, 2.24) is 20.0 Å². The molecule has 2 aromatic heterocycles. The van der Waals surface area contributed by atoms with E-state index in [0.29, 0.717) is 12.1 Å². The lowest BCUT2D eigenvalue weighted by molar-refractivity contribution is -0.204. The number of hydrogen-bond donors (Lipinski definition) is 2. The zero-order chi connectivity index (χ0) is 23.7. The summed E-state index contributed by atoms with van der Waals surface area (Å²) in [5, 5.41) is 9.94. The highest BCUT2D eigenvalue weighted by atomic mass is 32.2. The van der Waals surface area contributed by atoms with Crippen LogP contribution in [0.3, 0.4) is 0 Å². The van der Waals surface area contributed by atoms with Crippen LogP contribution in [-0.4, -0.2) is 53.0 Å². The molecule has 0 bridgehead atoms. The van der Waals surface area contributed by atoms with Gasteiger partial charge >= 0.3 is 12.3 Å². The molecule has 0 radical (unpaired) electrons. The number of aryl methyl sites for hydroxylation is 2. The summed E-state index contributed by atoms with van der Waals surface area (Å²) in [6.07, 6.45) is -5.36. The number of anilines is 2. The Labute approximate surface area is 182 Å². The monoisotopic (exact) mass is 476 g/mol. The summed E-state index contributed by atoms with van der Waals surface area (Å²) < 4.78 is 70.8. The van der Waals surface area contributed by atoms with Crippen LogP contribution in [0.4, 0.5) is 29.5 Å². The SMILES string of the molecule is Cc1nc(-c2nnn(C)c2NC(=O)OC(CCC2CC2)C(F)(F)F)ccc1NS(C)(=O)=O. The van der Waals surface area contributed by atoms with Crippen LogP contribution < -0.4 is 10.0 Å². The number of sulfonamides is 1. The third-order valence-electron chi connectivity index (χ3n) is 4.82. The fourth-order valence-corrected chi connectivity index (χ4v) is 3.62. The van der Waals surface area contributed by atoms with Gasteiger partial charge in [0.05, 0.1) is 23.3 Å².